The van der Waals surface area contributed by atoms with Gasteiger partial charge in [-0.3, -0.25) is 4.79 Å². The Kier molecular flexibility index (Phi) is 12.7. The highest BCUT2D eigenvalue weighted by Crippen LogP contribution is 2.19. The monoisotopic (exact) mass is 347 g/mol. The van der Waals surface area contributed by atoms with E-state index in [1.165, 1.54) is 57.8 Å². The van der Waals surface area contributed by atoms with Gasteiger partial charge in [-0.2, -0.15) is 0 Å². The number of hydrogen-bond acceptors (Lipinski definition) is 3. The molecule has 0 saturated carbocycles. The molecule has 3 nitrogen and oxygen atoms in total. The maximum Gasteiger partial charge on any atom is 0.242 e. The van der Waals surface area contributed by atoms with Crippen LogP contribution in [0.25, 0.3) is 0 Å². The molecule has 0 aromatic heterocycles. The second kappa shape index (κ2) is 14.8. The highest BCUT2D eigenvalue weighted by molar-refractivity contribution is 5.57. The van der Waals surface area contributed by atoms with Crippen LogP contribution in [-0.2, 0) is 4.79 Å². The van der Waals surface area contributed by atoms with Crippen molar-refractivity contribution in [3.05, 3.63) is 24.3 Å². The Hall–Kier alpha value is -1.51. The second-order valence-corrected chi connectivity index (χ2v) is 6.63. The van der Waals surface area contributed by atoms with Gasteiger partial charge in [0.25, 0.3) is 0 Å². The molecule has 0 aliphatic rings. The molecule has 0 heterocycles. The molecule has 1 radical (unpaired) electrons. The van der Waals surface area contributed by atoms with Crippen molar-refractivity contribution in [3.63, 3.8) is 0 Å². The van der Waals surface area contributed by atoms with Crippen molar-refractivity contribution in [2.45, 2.75) is 90.6 Å². The van der Waals surface area contributed by atoms with Gasteiger partial charge in [0.15, 0.2) is 6.10 Å². The molecule has 0 amide bonds. The Bertz CT molecular complexity index is 427. The van der Waals surface area contributed by atoms with Gasteiger partial charge >= 0.3 is 0 Å². The van der Waals surface area contributed by atoms with Crippen molar-refractivity contribution in [3.8, 4) is 11.5 Å². The molecule has 1 aromatic carbocycles. The van der Waals surface area contributed by atoms with Crippen LogP contribution in [0.15, 0.2) is 24.3 Å². The van der Waals surface area contributed by atoms with E-state index in [0.717, 1.165) is 18.8 Å². The summed E-state index contributed by atoms with van der Waals surface area (Å²) in [5, 5.41) is 0. The van der Waals surface area contributed by atoms with E-state index in [0.29, 0.717) is 12.2 Å². The largest absolute Gasteiger partial charge is 0.494 e. The van der Waals surface area contributed by atoms with Crippen molar-refractivity contribution in [2.24, 2.45) is 0 Å². The van der Waals surface area contributed by atoms with Gasteiger partial charge < -0.3 is 9.47 Å². The minimum atomic E-state index is -0.488. The minimum absolute atomic E-state index is 0.488. The predicted molar refractivity (Wildman–Crippen MR) is 104 cm³/mol. The maximum atomic E-state index is 10.7. The summed E-state index contributed by atoms with van der Waals surface area (Å²) >= 11 is 0. The van der Waals surface area contributed by atoms with Gasteiger partial charge in [-0.1, -0.05) is 71.6 Å². The van der Waals surface area contributed by atoms with Crippen molar-refractivity contribution in [1.29, 1.82) is 0 Å². The molecule has 1 atom stereocenters. The molecular weight excluding hydrogens is 312 g/mol. The zero-order valence-electron chi connectivity index (χ0n) is 16.1. The third-order valence-corrected chi connectivity index (χ3v) is 4.37. The number of unbranched alkanes of at least 4 members (excludes halogenated alkanes) is 9. The summed E-state index contributed by atoms with van der Waals surface area (Å²) in [6.07, 6.45) is 15.3. The number of ether oxygens (including phenoxy) is 2. The fourth-order valence-corrected chi connectivity index (χ4v) is 2.75. The number of rotatable bonds is 16. The van der Waals surface area contributed by atoms with Crippen LogP contribution in [0.1, 0.15) is 84.5 Å². The van der Waals surface area contributed by atoms with E-state index >= 15 is 0 Å². The maximum absolute atomic E-state index is 10.7. The first kappa shape index (κ1) is 21.5. The molecule has 0 saturated heterocycles. The van der Waals surface area contributed by atoms with E-state index in [9.17, 15) is 4.79 Å². The van der Waals surface area contributed by atoms with Gasteiger partial charge in [0.1, 0.15) is 11.5 Å². The normalized spacial score (nSPS) is 11.9. The van der Waals surface area contributed by atoms with E-state index in [1.54, 1.807) is 0 Å². The van der Waals surface area contributed by atoms with Gasteiger partial charge in [0, 0.05) is 0 Å². The zero-order valence-corrected chi connectivity index (χ0v) is 16.1. The van der Waals surface area contributed by atoms with Crippen molar-refractivity contribution in [2.75, 3.05) is 6.61 Å². The Morgan fingerprint density at radius 2 is 1.32 bits per heavy atom. The first-order valence-corrected chi connectivity index (χ1v) is 10.1. The van der Waals surface area contributed by atoms with Gasteiger partial charge in [0.05, 0.1) is 6.61 Å². The van der Waals surface area contributed by atoms with Crippen LogP contribution in [-0.4, -0.2) is 19.0 Å². The van der Waals surface area contributed by atoms with Crippen molar-refractivity contribution < 1.29 is 14.3 Å². The van der Waals surface area contributed by atoms with Gasteiger partial charge in [-0.15, -0.1) is 0 Å². The molecule has 1 rings (SSSR count). The Morgan fingerprint density at radius 1 is 0.800 bits per heavy atom. The third kappa shape index (κ3) is 10.9. The Balaban J connectivity index is 2.02. The van der Waals surface area contributed by atoms with E-state index in [1.807, 2.05) is 37.5 Å². The predicted octanol–water partition coefficient (Wildman–Crippen LogP) is 6.25. The molecule has 1 unspecified atom stereocenters. The highest BCUT2D eigenvalue weighted by Gasteiger charge is 2.07. The fourth-order valence-electron chi connectivity index (χ4n) is 2.75. The van der Waals surface area contributed by atoms with E-state index in [2.05, 4.69) is 6.92 Å². The van der Waals surface area contributed by atoms with Crippen LogP contribution in [0.5, 0.6) is 11.5 Å². The minimum Gasteiger partial charge on any atom is -0.494 e. The molecular formula is C22H35O3. The Morgan fingerprint density at radius 3 is 1.84 bits per heavy atom. The SMILES string of the molecule is CCCCCCCCCCCCOc1ccc(OC([C]=O)CC)cc1. The zero-order chi connectivity index (χ0) is 18.2. The lowest BCUT2D eigenvalue weighted by Gasteiger charge is -2.11. The van der Waals surface area contributed by atoms with Crippen LogP contribution in [0, 0.1) is 0 Å². The lowest BCUT2D eigenvalue weighted by Crippen LogP contribution is -2.16. The quantitative estimate of drug-likeness (QED) is 0.331. The van der Waals surface area contributed by atoms with Crippen LogP contribution < -0.4 is 9.47 Å². The van der Waals surface area contributed by atoms with Crippen LogP contribution in [0.2, 0.25) is 0 Å². The molecule has 3 heteroatoms. The summed E-state index contributed by atoms with van der Waals surface area (Å²) in [6, 6.07) is 7.47. The summed E-state index contributed by atoms with van der Waals surface area (Å²) in [6.45, 7) is 4.92. The van der Waals surface area contributed by atoms with Crippen LogP contribution in [0.3, 0.4) is 0 Å². The second-order valence-electron chi connectivity index (χ2n) is 6.63. The molecule has 0 aliphatic heterocycles. The molecule has 1 aromatic rings. The number of carbonyl (C=O) groups excluding carboxylic acids is 1. The molecule has 0 aliphatic carbocycles. The van der Waals surface area contributed by atoms with Crippen molar-refractivity contribution in [1.82, 2.24) is 0 Å². The first-order chi connectivity index (χ1) is 12.3. The Labute approximate surface area is 154 Å². The third-order valence-electron chi connectivity index (χ3n) is 4.37. The summed E-state index contributed by atoms with van der Waals surface area (Å²) in [4.78, 5) is 10.7. The van der Waals surface area contributed by atoms with Gasteiger partial charge in [-0.25, -0.2) is 0 Å². The smallest absolute Gasteiger partial charge is 0.242 e. The summed E-state index contributed by atoms with van der Waals surface area (Å²) in [7, 11) is 0. The molecule has 0 bridgehead atoms. The molecule has 0 fully saturated rings. The van der Waals surface area contributed by atoms with Crippen LogP contribution in [0.4, 0.5) is 0 Å². The molecule has 141 valence electrons. The number of hydrogen-bond donors (Lipinski definition) is 0. The highest BCUT2D eigenvalue weighted by atomic mass is 16.5. The molecule has 0 spiro atoms. The summed E-state index contributed by atoms with van der Waals surface area (Å²) in [5.74, 6) is 1.54. The first-order valence-electron chi connectivity index (χ1n) is 10.1. The van der Waals surface area contributed by atoms with Gasteiger partial charge in [0.2, 0.25) is 6.29 Å². The topological polar surface area (TPSA) is 35.5 Å². The van der Waals surface area contributed by atoms with E-state index < -0.39 is 6.10 Å². The fraction of sp³-hybridized carbons (Fsp3) is 0.682. The summed E-state index contributed by atoms with van der Waals surface area (Å²) < 4.78 is 11.3. The standard InChI is InChI=1S/C22H35O3/c1-3-5-6-7-8-9-10-11-12-13-18-24-21-14-16-22(17-15-21)25-20(4-2)19-23/h14-17,20H,3-13,18H2,1-2H3. The number of benzene rings is 1. The molecule has 25 heavy (non-hydrogen) atoms. The van der Waals surface area contributed by atoms with Gasteiger partial charge in [-0.05, 0) is 37.1 Å². The molecule has 0 N–H and O–H groups in total. The van der Waals surface area contributed by atoms with E-state index in [-0.39, 0.29) is 0 Å². The lowest BCUT2D eigenvalue weighted by atomic mass is 10.1. The average Bonchev–Trinajstić information content (AvgIpc) is 2.65. The van der Waals surface area contributed by atoms with Crippen LogP contribution >= 0.6 is 0 Å². The summed E-state index contributed by atoms with van der Waals surface area (Å²) in [5.41, 5.74) is 0. The van der Waals surface area contributed by atoms with E-state index in [4.69, 9.17) is 9.47 Å². The van der Waals surface area contributed by atoms with Crippen molar-refractivity contribution >= 4 is 6.29 Å². The average molecular weight is 348 g/mol. The lowest BCUT2D eigenvalue weighted by molar-refractivity contribution is 0.254.